The minimum absolute atomic E-state index is 0.0537. The molecule has 190 valence electrons. The maximum absolute atomic E-state index is 13.3. The van der Waals surface area contributed by atoms with Crippen LogP contribution in [0.2, 0.25) is 0 Å². The molecule has 4 heterocycles. The fourth-order valence-electron chi connectivity index (χ4n) is 4.03. The molecule has 0 radical (unpaired) electrons. The van der Waals surface area contributed by atoms with E-state index >= 15 is 0 Å². The number of aromatic nitrogens is 4. The Morgan fingerprint density at radius 2 is 1.89 bits per heavy atom. The zero-order valence-electron chi connectivity index (χ0n) is 19.8. The van der Waals surface area contributed by atoms with Crippen LogP contribution in [0.1, 0.15) is 0 Å². The molecule has 1 aromatic carbocycles. The summed E-state index contributed by atoms with van der Waals surface area (Å²) < 4.78 is 41.4. The van der Waals surface area contributed by atoms with Crippen LogP contribution in [0, 0.1) is 0 Å². The Kier molecular flexibility index (Phi) is 6.47. The van der Waals surface area contributed by atoms with Gasteiger partial charge in [-0.05, 0) is 18.2 Å². The molecular formula is C22H26N8O5S. The Labute approximate surface area is 208 Å². The molecular weight excluding hydrogens is 488 g/mol. The van der Waals surface area contributed by atoms with Gasteiger partial charge < -0.3 is 19.7 Å². The maximum atomic E-state index is 13.3. The Bertz CT molecular complexity index is 1310. The van der Waals surface area contributed by atoms with Crippen molar-refractivity contribution in [1.29, 1.82) is 0 Å². The first kappa shape index (κ1) is 24.0. The van der Waals surface area contributed by atoms with Crippen molar-refractivity contribution in [2.45, 2.75) is 12.3 Å². The second-order valence-corrected chi connectivity index (χ2v) is 10.5. The lowest BCUT2D eigenvalue weighted by molar-refractivity contribution is -0.126. The topological polar surface area (TPSA) is 135 Å². The lowest BCUT2D eigenvalue weighted by atomic mass is 10.2. The number of nitrogens with zero attached hydrogens (tertiary/aromatic N) is 7. The second-order valence-electron chi connectivity index (χ2n) is 8.40. The number of imidazole rings is 1. The number of nitrogens with one attached hydrogen (secondary N) is 1. The highest BCUT2D eigenvalue weighted by Gasteiger charge is 2.41. The third-order valence-electron chi connectivity index (χ3n) is 5.89. The standard InChI is InChI=1S/C22H26N8O5S/c1-27(2)36(32,33)30-12-11-28(19-7-8-24-22(26-19)29-10-9-23-15-29)14-16(30)21(31)25-13-20-34-17-5-3-4-6-18(17)35-20/h3-10,15-16,20H,11-14H2,1-2H3,(H,25,31). The van der Waals surface area contributed by atoms with Crippen molar-refractivity contribution < 1.29 is 22.7 Å². The van der Waals surface area contributed by atoms with E-state index in [9.17, 15) is 13.2 Å². The Hall–Kier alpha value is -3.75. The molecule has 1 amide bonds. The Morgan fingerprint density at radius 3 is 2.56 bits per heavy atom. The van der Waals surface area contributed by atoms with Crippen molar-refractivity contribution in [2.24, 2.45) is 0 Å². The smallest absolute Gasteiger partial charge is 0.282 e. The molecule has 1 fully saturated rings. The van der Waals surface area contributed by atoms with E-state index in [1.54, 1.807) is 47.7 Å². The average molecular weight is 515 g/mol. The van der Waals surface area contributed by atoms with Crippen LogP contribution in [0.4, 0.5) is 5.82 Å². The van der Waals surface area contributed by atoms with Gasteiger partial charge in [0.05, 0.1) is 6.54 Å². The van der Waals surface area contributed by atoms with E-state index in [1.807, 2.05) is 17.0 Å². The van der Waals surface area contributed by atoms with Crippen LogP contribution < -0.4 is 19.7 Å². The lowest BCUT2D eigenvalue weighted by Crippen LogP contribution is -2.63. The summed E-state index contributed by atoms with van der Waals surface area (Å²) in [7, 11) is -0.972. The number of hydrogen-bond acceptors (Lipinski definition) is 9. The molecule has 0 bridgehead atoms. The van der Waals surface area contributed by atoms with E-state index in [4.69, 9.17) is 9.47 Å². The molecule has 0 spiro atoms. The van der Waals surface area contributed by atoms with Crippen LogP contribution in [-0.2, 0) is 15.0 Å². The summed E-state index contributed by atoms with van der Waals surface area (Å²) in [6.45, 7) is 0.607. The second kappa shape index (κ2) is 9.72. The van der Waals surface area contributed by atoms with E-state index in [1.165, 1.54) is 18.4 Å². The van der Waals surface area contributed by atoms with Crippen LogP contribution in [0.25, 0.3) is 5.95 Å². The molecule has 2 aliphatic heterocycles. The molecule has 2 aromatic heterocycles. The van der Waals surface area contributed by atoms with E-state index in [-0.39, 0.29) is 19.6 Å². The molecule has 36 heavy (non-hydrogen) atoms. The van der Waals surface area contributed by atoms with Gasteiger partial charge in [-0.1, -0.05) is 12.1 Å². The van der Waals surface area contributed by atoms with Gasteiger partial charge in [0.1, 0.15) is 18.2 Å². The first-order valence-electron chi connectivity index (χ1n) is 11.3. The highest BCUT2D eigenvalue weighted by molar-refractivity contribution is 7.86. The van der Waals surface area contributed by atoms with Crippen molar-refractivity contribution in [3.63, 3.8) is 0 Å². The van der Waals surface area contributed by atoms with E-state index < -0.39 is 28.4 Å². The number of amides is 1. The van der Waals surface area contributed by atoms with Gasteiger partial charge in [-0.25, -0.2) is 9.97 Å². The summed E-state index contributed by atoms with van der Waals surface area (Å²) >= 11 is 0. The van der Waals surface area contributed by atoms with Crippen molar-refractivity contribution in [3.05, 3.63) is 55.2 Å². The summed E-state index contributed by atoms with van der Waals surface area (Å²) in [6.07, 6.45) is 5.84. The lowest BCUT2D eigenvalue weighted by Gasteiger charge is -2.41. The van der Waals surface area contributed by atoms with Crippen LogP contribution in [-0.4, -0.2) is 95.1 Å². The number of carbonyl (C=O) groups is 1. The number of anilines is 1. The molecule has 0 saturated carbocycles. The predicted octanol–water partition coefficient (Wildman–Crippen LogP) is -0.127. The van der Waals surface area contributed by atoms with E-state index in [0.29, 0.717) is 29.8 Å². The van der Waals surface area contributed by atoms with Crippen molar-refractivity contribution >= 4 is 21.9 Å². The molecule has 0 aliphatic carbocycles. The van der Waals surface area contributed by atoms with Crippen LogP contribution in [0.5, 0.6) is 11.5 Å². The van der Waals surface area contributed by atoms with Crippen molar-refractivity contribution in [3.8, 4) is 17.4 Å². The number of ether oxygens (including phenoxy) is 2. The molecule has 1 N–H and O–H groups in total. The highest BCUT2D eigenvalue weighted by atomic mass is 32.2. The fraction of sp³-hybridized carbons (Fsp3) is 0.364. The molecule has 1 atom stereocenters. The summed E-state index contributed by atoms with van der Waals surface area (Å²) in [6, 6.07) is 7.94. The quantitative estimate of drug-likeness (QED) is 0.458. The van der Waals surface area contributed by atoms with Gasteiger partial charge in [0.2, 0.25) is 11.9 Å². The highest BCUT2D eigenvalue weighted by Crippen LogP contribution is 2.33. The van der Waals surface area contributed by atoms with Gasteiger partial charge in [-0.3, -0.25) is 9.36 Å². The van der Waals surface area contributed by atoms with Crippen molar-refractivity contribution in [2.75, 3.05) is 45.2 Å². The normalized spacial score (nSPS) is 18.5. The van der Waals surface area contributed by atoms with Gasteiger partial charge in [-0.2, -0.15) is 22.0 Å². The zero-order valence-corrected chi connectivity index (χ0v) is 20.6. The Balaban J connectivity index is 1.33. The van der Waals surface area contributed by atoms with E-state index in [0.717, 1.165) is 4.31 Å². The fourth-order valence-corrected chi connectivity index (χ4v) is 5.24. The molecule has 14 heteroatoms. The van der Waals surface area contributed by atoms with Gasteiger partial charge in [0, 0.05) is 52.3 Å². The first-order valence-corrected chi connectivity index (χ1v) is 12.7. The maximum Gasteiger partial charge on any atom is 0.282 e. The van der Waals surface area contributed by atoms with Gasteiger partial charge in [0.25, 0.3) is 16.5 Å². The molecule has 2 aliphatic rings. The largest absolute Gasteiger partial charge is 0.449 e. The minimum Gasteiger partial charge on any atom is -0.449 e. The predicted molar refractivity (Wildman–Crippen MR) is 129 cm³/mol. The number of benzene rings is 1. The number of rotatable bonds is 7. The van der Waals surface area contributed by atoms with Crippen LogP contribution in [0.3, 0.4) is 0 Å². The number of para-hydroxylation sites is 2. The van der Waals surface area contributed by atoms with Crippen molar-refractivity contribution in [1.82, 2.24) is 33.4 Å². The van der Waals surface area contributed by atoms with Gasteiger partial charge in [0.15, 0.2) is 11.5 Å². The van der Waals surface area contributed by atoms with E-state index in [2.05, 4.69) is 20.3 Å². The minimum atomic E-state index is -3.85. The summed E-state index contributed by atoms with van der Waals surface area (Å²) in [5.41, 5.74) is 0. The van der Waals surface area contributed by atoms with Crippen LogP contribution in [0.15, 0.2) is 55.2 Å². The molecule has 13 nitrogen and oxygen atoms in total. The number of piperazine rings is 1. The molecule has 3 aromatic rings. The molecule has 5 rings (SSSR count). The third kappa shape index (κ3) is 4.69. The SMILES string of the molecule is CN(C)S(=O)(=O)N1CCN(c2ccnc(-n3ccnc3)n2)CC1C(=O)NCC1Oc2ccccc2O1. The first-order chi connectivity index (χ1) is 17.3. The number of carbonyl (C=O) groups excluding carboxylic acids is 1. The van der Waals surface area contributed by atoms with Gasteiger partial charge in [-0.15, -0.1) is 0 Å². The number of hydrogen-bond donors (Lipinski definition) is 1. The summed E-state index contributed by atoms with van der Waals surface area (Å²) in [4.78, 5) is 28.0. The average Bonchev–Trinajstić information content (AvgIpc) is 3.57. The van der Waals surface area contributed by atoms with Gasteiger partial charge >= 0.3 is 0 Å². The molecule has 1 unspecified atom stereocenters. The monoisotopic (exact) mass is 514 g/mol. The zero-order chi connectivity index (χ0) is 25.3. The molecule has 1 saturated heterocycles. The third-order valence-corrected chi connectivity index (χ3v) is 7.84. The summed E-state index contributed by atoms with van der Waals surface area (Å²) in [5, 5.41) is 2.79. The Morgan fingerprint density at radius 1 is 1.14 bits per heavy atom. The summed E-state index contributed by atoms with van der Waals surface area (Å²) in [5.74, 6) is 1.72. The number of fused-ring (bicyclic) bond motifs is 1. The van der Waals surface area contributed by atoms with Crippen LogP contribution >= 0.6 is 0 Å².